The van der Waals surface area contributed by atoms with E-state index in [2.05, 4.69) is 0 Å². The van der Waals surface area contributed by atoms with Gasteiger partial charge in [-0.2, -0.15) is 0 Å². The van der Waals surface area contributed by atoms with Crippen molar-refractivity contribution in [3.63, 3.8) is 0 Å². The van der Waals surface area contributed by atoms with Gasteiger partial charge < -0.3 is 14.9 Å². The van der Waals surface area contributed by atoms with Crippen LogP contribution in [-0.2, 0) is 0 Å². The molecule has 6 heteroatoms. The largest absolute Gasteiger partial charge is 0.497 e. The third-order valence-electron chi connectivity index (χ3n) is 3.99. The molecule has 0 bridgehead atoms. The Kier molecular flexibility index (Phi) is 6.25. The quantitative estimate of drug-likeness (QED) is 0.816. The molecule has 0 saturated carbocycles. The SMILES string of the molecule is COc1ccc(C(CO)N(C)CC(O)c2ccc(F)cc2F)cc1. The zero-order valence-corrected chi connectivity index (χ0v) is 13.6. The van der Waals surface area contributed by atoms with Crippen LogP contribution in [-0.4, -0.2) is 42.4 Å². The van der Waals surface area contributed by atoms with Crippen molar-refractivity contribution in [1.29, 1.82) is 0 Å². The first kappa shape index (κ1) is 18.3. The lowest BCUT2D eigenvalue weighted by molar-refractivity contribution is 0.0776. The molecule has 2 rings (SSSR count). The van der Waals surface area contributed by atoms with Gasteiger partial charge in [0.05, 0.1) is 25.9 Å². The zero-order valence-electron chi connectivity index (χ0n) is 13.6. The van der Waals surface area contributed by atoms with Gasteiger partial charge in [-0.25, -0.2) is 8.78 Å². The summed E-state index contributed by atoms with van der Waals surface area (Å²) in [5, 5.41) is 19.9. The van der Waals surface area contributed by atoms with Crippen LogP contribution in [0.3, 0.4) is 0 Å². The van der Waals surface area contributed by atoms with E-state index in [1.54, 1.807) is 31.2 Å². The van der Waals surface area contributed by atoms with E-state index in [-0.39, 0.29) is 24.8 Å². The van der Waals surface area contributed by atoms with Gasteiger partial charge in [-0.1, -0.05) is 18.2 Å². The standard InChI is InChI=1S/C18H21F2NO3/c1-21(10-18(23)15-8-5-13(19)9-16(15)20)17(11-22)12-3-6-14(24-2)7-4-12/h3-9,17-18,22-23H,10-11H2,1-2H3. The van der Waals surface area contributed by atoms with Crippen molar-refractivity contribution in [1.82, 2.24) is 4.90 Å². The lowest BCUT2D eigenvalue weighted by Gasteiger charge is -2.29. The molecule has 130 valence electrons. The van der Waals surface area contributed by atoms with Crippen molar-refractivity contribution < 1.29 is 23.7 Å². The summed E-state index contributed by atoms with van der Waals surface area (Å²) in [7, 11) is 3.29. The number of aliphatic hydroxyl groups is 2. The fourth-order valence-corrected chi connectivity index (χ4v) is 2.60. The maximum absolute atomic E-state index is 13.8. The Balaban J connectivity index is 2.11. The number of benzene rings is 2. The van der Waals surface area contributed by atoms with E-state index in [9.17, 15) is 19.0 Å². The third kappa shape index (κ3) is 4.29. The van der Waals surface area contributed by atoms with Crippen LogP contribution < -0.4 is 4.74 Å². The van der Waals surface area contributed by atoms with E-state index in [1.165, 1.54) is 6.07 Å². The number of aliphatic hydroxyl groups excluding tert-OH is 2. The fourth-order valence-electron chi connectivity index (χ4n) is 2.60. The van der Waals surface area contributed by atoms with Crippen molar-refractivity contribution in [3.8, 4) is 5.75 Å². The van der Waals surface area contributed by atoms with E-state index < -0.39 is 17.7 Å². The maximum Gasteiger partial charge on any atom is 0.131 e. The minimum atomic E-state index is -1.14. The molecule has 0 aliphatic heterocycles. The highest BCUT2D eigenvalue weighted by Crippen LogP contribution is 2.25. The second-order valence-corrected chi connectivity index (χ2v) is 5.59. The molecule has 24 heavy (non-hydrogen) atoms. The molecule has 0 radical (unpaired) electrons. The van der Waals surface area contributed by atoms with E-state index >= 15 is 0 Å². The number of methoxy groups -OCH3 is 1. The number of hydrogen-bond donors (Lipinski definition) is 2. The van der Waals surface area contributed by atoms with E-state index in [1.807, 2.05) is 12.1 Å². The predicted octanol–water partition coefficient (Wildman–Crippen LogP) is 2.67. The molecule has 2 atom stereocenters. The van der Waals surface area contributed by atoms with Crippen molar-refractivity contribution >= 4 is 0 Å². The first-order valence-electron chi connectivity index (χ1n) is 7.54. The van der Waals surface area contributed by atoms with Crippen molar-refractivity contribution in [3.05, 3.63) is 65.2 Å². The summed E-state index contributed by atoms with van der Waals surface area (Å²) >= 11 is 0. The van der Waals surface area contributed by atoms with Gasteiger partial charge in [0.2, 0.25) is 0 Å². The minimum absolute atomic E-state index is 0.0228. The van der Waals surface area contributed by atoms with Crippen molar-refractivity contribution in [2.75, 3.05) is 27.3 Å². The molecule has 0 aliphatic carbocycles. The van der Waals surface area contributed by atoms with Gasteiger partial charge in [-0.05, 0) is 30.8 Å². The highest BCUT2D eigenvalue weighted by Gasteiger charge is 2.21. The number of ether oxygens (including phenoxy) is 1. The summed E-state index contributed by atoms with van der Waals surface area (Å²) in [5.41, 5.74) is 0.863. The Morgan fingerprint density at radius 1 is 1.12 bits per heavy atom. The normalized spacial score (nSPS) is 13.8. The summed E-state index contributed by atoms with van der Waals surface area (Å²) < 4.78 is 31.8. The maximum atomic E-state index is 13.8. The van der Waals surface area contributed by atoms with Crippen LogP contribution in [0, 0.1) is 11.6 Å². The topological polar surface area (TPSA) is 52.9 Å². The average molecular weight is 337 g/mol. The van der Waals surface area contributed by atoms with Gasteiger partial charge in [-0.3, -0.25) is 4.90 Å². The number of hydrogen-bond acceptors (Lipinski definition) is 4. The molecule has 0 fully saturated rings. The first-order chi connectivity index (χ1) is 11.5. The van der Waals surface area contributed by atoms with Gasteiger partial charge in [0.1, 0.15) is 17.4 Å². The molecule has 2 N–H and O–H groups in total. The summed E-state index contributed by atoms with van der Waals surface area (Å²) in [6, 6.07) is 9.91. The lowest BCUT2D eigenvalue weighted by Crippen LogP contribution is -2.31. The Morgan fingerprint density at radius 2 is 1.79 bits per heavy atom. The molecule has 2 aromatic carbocycles. The monoisotopic (exact) mass is 337 g/mol. The smallest absolute Gasteiger partial charge is 0.131 e. The van der Waals surface area contributed by atoms with Crippen LogP contribution in [0.25, 0.3) is 0 Å². The van der Waals surface area contributed by atoms with E-state index in [0.29, 0.717) is 5.75 Å². The summed E-state index contributed by atoms with van der Waals surface area (Å²) in [4.78, 5) is 1.72. The Hall–Kier alpha value is -2.02. The van der Waals surface area contributed by atoms with Gasteiger partial charge in [-0.15, -0.1) is 0 Å². The van der Waals surface area contributed by atoms with Crippen molar-refractivity contribution in [2.45, 2.75) is 12.1 Å². The lowest BCUT2D eigenvalue weighted by atomic mass is 10.0. The van der Waals surface area contributed by atoms with Gasteiger partial charge in [0.15, 0.2) is 0 Å². The second kappa shape index (κ2) is 8.19. The van der Waals surface area contributed by atoms with E-state index in [0.717, 1.165) is 17.7 Å². The third-order valence-corrected chi connectivity index (χ3v) is 3.99. The highest BCUT2D eigenvalue weighted by molar-refractivity contribution is 5.29. The van der Waals surface area contributed by atoms with Crippen LogP contribution in [0.4, 0.5) is 8.78 Å². The van der Waals surface area contributed by atoms with Crippen LogP contribution in [0.15, 0.2) is 42.5 Å². The van der Waals surface area contributed by atoms with Crippen LogP contribution in [0.2, 0.25) is 0 Å². The van der Waals surface area contributed by atoms with Gasteiger partial charge in [0, 0.05) is 18.2 Å². The fraction of sp³-hybridized carbons (Fsp3) is 0.333. The molecule has 4 nitrogen and oxygen atoms in total. The van der Waals surface area contributed by atoms with Crippen LogP contribution >= 0.6 is 0 Å². The minimum Gasteiger partial charge on any atom is -0.497 e. The summed E-state index contributed by atoms with van der Waals surface area (Å²) in [6.45, 7) is -0.0821. The van der Waals surface area contributed by atoms with Crippen molar-refractivity contribution in [2.24, 2.45) is 0 Å². The van der Waals surface area contributed by atoms with Gasteiger partial charge in [0.25, 0.3) is 0 Å². The average Bonchev–Trinajstić information content (AvgIpc) is 2.56. The highest BCUT2D eigenvalue weighted by atomic mass is 19.1. The first-order valence-corrected chi connectivity index (χ1v) is 7.54. The summed E-state index contributed by atoms with van der Waals surface area (Å²) in [5.74, 6) is -0.782. The predicted molar refractivity (Wildman–Crippen MR) is 86.8 cm³/mol. The number of halogens is 2. The molecular formula is C18H21F2NO3. The molecular weight excluding hydrogens is 316 g/mol. The molecule has 2 aromatic rings. The molecule has 0 aromatic heterocycles. The van der Waals surface area contributed by atoms with Crippen LogP contribution in [0.1, 0.15) is 23.3 Å². The number of likely N-dealkylation sites (N-methyl/N-ethyl adjacent to an activating group) is 1. The number of nitrogens with zero attached hydrogens (tertiary/aromatic N) is 1. The molecule has 0 spiro atoms. The van der Waals surface area contributed by atoms with Crippen LogP contribution in [0.5, 0.6) is 5.75 Å². The molecule has 0 saturated heterocycles. The number of rotatable bonds is 7. The Labute approximate surface area is 139 Å². The molecule has 0 heterocycles. The molecule has 0 aliphatic rings. The second-order valence-electron chi connectivity index (χ2n) is 5.59. The Morgan fingerprint density at radius 3 is 2.33 bits per heavy atom. The zero-order chi connectivity index (χ0) is 17.7. The Bertz CT molecular complexity index is 664. The molecule has 0 amide bonds. The van der Waals surface area contributed by atoms with E-state index in [4.69, 9.17) is 4.74 Å². The van der Waals surface area contributed by atoms with Gasteiger partial charge >= 0.3 is 0 Å². The summed E-state index contributed by atoms with van der Waals surface area (Å²) in [6.07, 6.45) is -1.14. The molecule has 2 unspecified atom stereocenters.